The summed E-state index contributed by atoms with van der Waals surface area (Å²) >= 11 is 0. The Morgan fingerprint density at radius 1 is 1.19 bits per heavy atom. The first-order chi connectivity index (χ1) is 12.1. The van der Waals surface area contributed by atoms with E-state index >= 15 is 0 Å². The zero-order valence-corrected chi connectivity index (χ0v) is 16.8. The van der Waals surface area contributed by atoms with Gasteiger partial charge in [0.05, 0.1) is 12.7 Å². The molecule has 0 saturated heterocycles. The largest absolute Gasteiger partial charge is 0.490 e. The first-order valence-corrected chi connectivity index (χ1v) is 8.97. The van der Waals surface area contributed by atoms with Crippen LogP contribution in [0, 0.1) is 5.92 Å². The molecule has 0 aromatic heterocycles. The first kappa shape index (κ1) is 22.0. The quantitative estimate of drug-likeness (QED) is 0.669. The van der Waals surface area contributed by atoms with Crippen molar-refractivity contribution < 1.29 is 23.8 Å². The molecule has 26 heavy (non-hydrogen) atoms. The Morgan fingerprint density at radius 2 is 1.85 bits per heavy atom. The Bertz CT molecular complexity index is 627. The number of hydrogen-bond donors (Lipinski definition) is 1. The molecule has 1 N–H and O–H groups in total. The van der Waals surface area contributed by atoms with Gasteiger partial charge in [0, 0.05) is 12.8 Å². The summed E-state index contributed by atoms with van der Waals surface area (Å²) in [6.45, 7) is 11.6. The molecule has 0 fully saturated rings. The van der Waals surface area contributed by atoms with Crippen LogP contribution in [0.25, 0.3) is 0 Å². The standard InChI is InChI=1S/C20H31NO5/c1-8-25-18(22)16-11-15(9-10-17(16)26-14(4)5)21-19(23)20(6,24-7)12-13(2)3/h9-11,13-14H,8,12H2,1-7H3,(H,21,23). The Labute approximate surface area is 156 Å². The van der Waals surface area contributed by atoms with Crippen LogP contribution in [0.5, 0.6) is 5.75 Å². The van der Waals surface area contributed by atoms with E-state index in [4.69, 9.17) is 14.2 Å². The van der Waals surface area contributed by atoms with Crippen molar-refractivity contribution in [3.63, 3.8) is 0 Å². The third-order valence-corrected chi connectivity index (χ3v) is 3.82. The van der Waals surface area contributed by atoms with E-state index < -0.39 is 11.6 Å². The number of carbonyl (C=O) groups excluding carboxylic acids is 2. The van der Waals surface area contributed by atoms with E-state index in [2.05, 4.69) is 5.32 Å². The molecule has 146 valence electrons. The third-order valence-electron chi connectivity index (χ3n) is 3.82. The fraction of sp³-hybridized carbons (Fsp3) is 0.600. The summed E-state index contributed by atoms with van der Waals surface area (Å²) in [6.07, 6.45) is 0.487. The topological polar surface area (TPSA) is 73.9 Å². The summed E-state index contributed by atoms with van der Waals surface area (Å²) < 4.78 is 16.2. The van der Waals surface area contributed by atoms with Crippen molar-refractivity contribution in [1.82, 2.24) is 0 Å². The summed E-state index contributed by atoms with van der Waals surface area (Å²) in [5.41, 5.74) is -0.187. The number of ether oxygens (including phenoxy) is 3. The molecule has 0 aliphatic rings. The average molecular weight is 365 g/mol. The lowest BCUT2D eigenvalue weighted by Gasteiger charge is -2.28. The number of methoxy groups -OCH3 is 1. The van der Waals surface area contributed by atoms with E-state index in [9.17, 15) is 9.59 Å². The lowest BCUT2D eigenvalue weighted by molar-refractivity contribution is -0.137. The molecule has 6 heteroatoms. The molecule has 0 heterocycles. The van der Waals surface area contributed by atoms with Crippen molar-refractivity contribution in [2.24, 2.45) is 5.92 Å². The molecular weight excluding hydrogens is 334 g/mol. The second kappa shape index (κ2) is 9.57. The minimum absolute atomic E-state index is 0.0913. The van der Waals surface area contributed by atoms with Crippen LogP contribution in [-0.4, -0.2) is 37.3 Å². The summed E-state index contributed by atoms with van der Waals surface area (Å²) in [4.78, 5) is 24.9. The van der Waals surface area contributed by atoms with Gasteiger partial charge in [0.25, 0.3) is 5.91 Å². The molecule has 1 aromatic rings. The van der Waals surface area contributed by atoms with Crippen LogP contribution in [0.2, 0.25) is 0 Å². The highest BCUT2D eigenvalue weighted by Gasteiger charge is 2.34. The second-order valence-electron chi connectivity index (χ2n) is 7.09. The molecular formula is C20H31NO5. The zero-order valence-electron chi connectivity index (χ0n) is 16.8. The van der Waals surface area contributed by atoms with Crippen LogP contribution in [0.1, 0.15) is 58.3 Å². The van der Waals surface area contributed by atoms with Gasteiger partial charge in [-0.1, -0.05) is 13.8 Å². The molecule has 0 bridgehead atoms. The fourth-order valence-corrected chi connectivity index (χ4v) is 2.64. The maximum Gasteiger partial charge on any atom is 0.341 e. The molecule has 1 amide bonds. The van der Waals surface area contributed by atoms with Gasteiger partial charge in [0.15, 0.2) is 0 Å². The van der Waals surface area contributed by atoms with Crippen LogP contribution < -0.4 is 10.1 Å². The van der Waals surface area contributed by atoms with Gasteiger partial charge in [-0.2, -0.15) is 0 Å². The Kier molecular flexibility index (Phi) is 8.08. The molecule has 1 unspecified atom stereocenters. The van der Waals surface area contributed by atoms with E-state index in [-0.39, 0.29) is 24.2 Å². The number of anilines is 1. The van der Waals surface area contributed by atoms with Crippen molar-refractivity contribution in [2.45, 2.75) is 59.7 Å². The van der Waals surface area contributed by atoms with Crippen LogP contribution in [0.15, 0.2) is 18.2 Å². The van der Waals surface area contributed by atoms with Crippen molar-refractivity contribution >= 4 is 17.6 Å². The van der Waals surface area contributed by atoms with Gasteiger partial charge < -0.3 is 19.5 Å². The highest BCUT2D eigenvalue weighted by molar-refractivity contribution is 5.99. The molecule has 1 atom stereocenters. The van der Waals surface area contributed by atoms with Crippen LogP contribution in [0.3, 0.4) is 0 Å². The number of amides is 1. The lowest BCUT2D eigenvalue weighted by atomic mass is 9.93. The van der Waals surface area contributed by atoms with Gasteiger partial charge >= 0.3 is 5.97 Å². The van der Waals surface area contributed by atoms with Crippen LogP contribution in [-0.2, 0) is 14.3 Å². The fourth-order valence-electron chi connectivity index (χ4n) is 2.64. The maximum absolute atomic E-state index is 12.7. The predicted molar refractivity (Wildman–Crippen MR) is 102 cm³/mol. The molecule has 1 rings (SSSR count). The number of nitrogens with one attached hydrogen (secondary N) is 1. The van der Waals surface area contributed by atoms with Gasteiger partial charge in [-0.15, -0.1) is 0 Å². The van der Waals surface area contributed by atoms with E-state index in [0.717, 1.165) is 0 Å². The van der Waals surface area contributed by atoms with E-state index in [0.29, 0.717) is 23.8 Å². The van der Waals surface area contributed by atoms with Gasteiger partial charge in [0.2, 0.25) is 0 Å². The Balaban J connectivity index is 3.11. The Hall–Kier alpha value is -2.08. The summed E-state index contributed by atoms with van der Waals surface area (Å²) in [5, 5.41) is 2.83. The highest BCUT2D eigenvalue weighted by atomic mass is 16.5. The van der Waals surface area contributed by atoms with Gasteiger partial charge in [-0.3, -0.25) is 4.79 Å². The summed E-state index contributed by atoms with van der Waals surface area (Å²) in [5.74, 6) is -0.0345. The molecule has 0 spiro atoms. The summed E-state index contributed by atoms with van der Waals surface area (Å²) in [6, 6.07) is 4.93. The number of rotatable bonds is 9. The molecule has 6 nitrogen and oxygen atoms in total. The maximum atomic E-state index is 12.7. The first-order valence-electron chi connectivity index (χ1n) is 8.97. The van der Waals surface area contributed by atoms with E-state index in [1.54, 1.807) is 32.0 Å². The van der Waals surface area contributed by atoms with Crippen molar-refractivity contribution in [3.8, 4) is 5.75 Å². The molecule has 0 aliphatic carbocycles. The number of esters is 1. The summed E-state index contributed by atoms with van der Waals surface area (Å²) in [7, 11) is 1.52. The van der Waals surface area contributed by atoms with Gasteiger partial charge in [-0.05, 0) is 58.2 Å². The molecule has 0 saturated carbocycles. The monoisotopic (exact) mass is 365 g/mol. The minimum atomic E-state index is -0.953. The predicted octanol–water partition coefficient (Wildman–Crippen LogP) is 4.04. The molecule has 1 aromatic carbocycles. The van der Waals surface area contributed by atoms with E-state index in [1.807, 2.05) is 27.7 Å². The van der Waals surface area contributed by atoms with Crippen LogP contribution >= 0.6 is 0 Å². The minimum Gasteiger partial charge on any atom is -0.490 e. The van der Waals surface area contributed by atoms with Crippen molar-refractivity contribution in [2.75, 3.05) is 19.0 Å². The SMILES string of the molecule is CCOC(=O)c1cc(NC(=O)C(C)(CC(C)C)OC)ccc1OC(C)C. The third kappa shape index (κ3) is 6.02. The van der Waals surface area contributed by atoms with Crippen molar-refractivity contribution in [3.05, 3.63) is 23.8 Å². The lowest BCUT2D eigenvalue weighted by Crippen LogP contribution is -2.43. The molecule has 0 radical (unpaired) electrons. The average Bonchev–Trinajstić information content (AvgIpc) is 2.55. The van der Waals surface area contributed by atoms with E-state index in [1.165, 1.54) is 7.11 Å². The number of carbonyl (C=O) groups is 2. The normalized spacial score (nSPS) is 13.4. The van der Waals surface area contributed by atoms with Gasteiger partial charge in [-0.25, -0.2) is 4.79 Å². The zero-order chi connectivity index (χ0) is 19.9. The molecule has 0 aliphatic heterocycles. The smallest absolute Gasteiger partial charge is 0.341 e. The second-order valence-corrected chi connectivity index (χ2v) is 7.09. The highest BCUT2D eigenvalue weighted by Crippen LogP contribution is 2.27. The number of benzene rings is 1. The van der Waals surface area contributed by atoms with Gasteiger partial charge in [0.1, 0.15) is 16.9 Å². The van der Waals surface area contributed by atoms with Crippen molar-refractivity contribution in [1.29, 1.82) is 0 Å². The number of hydrogen-bond acceptors (Lipinski definition) is 5. The van der Waals surface area contributed by atoms with Crippen LogP contribution in [0.4, 0.5) is 5.69 Å². The Morgan fingerprint density at radius 3 is 2.35 bits per heavy atom.